The molecule has 3 amide bonds. The molecule has 3 aromatic rings. The van der Waals surface area contributed by atoms with Crippen LogP contribution in [0.1, 0.15) is 27.5 Å². The van der Waals surface area contributed by atoms with Crippen molar-refractivity contribution in [3.05, 3.63) is 94.5 Å². The van der Waals surface area contributed by atoms with Crippen molar-refractivity contribution >= 4 is 39.1 Å². The van der Waals surface area contributed by atoms with Crippen molar-refractivity contribution in [3.63, 3.8) is 0 Å². The molecule has 1 saturated heterocycles. The Hall–Kier alpha value is -3.36. The molecule has 5 rings (SSSR count). The van der Waals surface area contributed by atoms with Gasteiger partial charge in [0.15, 0.2) is 5.37 Å². The van der Waals surface area contributed by atoms with Gasteiger partial charge in [0.05, 0.1) is 10.9 Å². The molecule has 2 atom stereocenters. The fourth-order valence-corrected chi connectivity index (χ4v) is 6.23. The van der Waals surface area contributed by atoms with Crippen LogP contribution in [0.3, 0.4) is 0 Å². The number of sulfone groups is 1. The molecule has 7 nitrogen and oxygen atoms in total. The zero-order valence-corrected chi connectivity index (χ0v) is 18.9. The average Bonchev–Trinajstić information content (AvgIpc) is 3.43. The van der Waals surface area contributed by atoms with Crippen molar-refractivity contribution in [1.82, 2.24) is 10.6 Å². The van der Waals surface area contributed by atoms with Crippen LogP contribution in [-0.2, 0) is 16.3 Å². The largest absolute Gasteiger partial charge is 0.328 e. The summed E-state index contributed by atoms with van der Waals surface area (Å²) < 4.78 is 27.0. The first kappa shape index (κ1) is 21.5. The van der Waals surface area contributed by atoms with Crippen LogP contribution in [0.2, 0.25) is 5.02 Å². The number of amides is 3. The Morgan fingerprint density at radius 2 is 1.76 bits per heavy atom. The standard InChI is InChI=1S/C24H20ClN3O4S/c25-18-8-4-7-17(13-18)23(29)28-12-11-16-14-19(9-10-20(16)28)33(31,32)22-21(26-24(30)27-22)15-5-2-1-3-6-15/h1-10,13-14,21-22H,11-12H2,(H2,26,27,30). The zero-order chi connectivity index (χ0) is 23.2. The molecule has 1 fully saturated rings. The monoisotopic (exact) mass is 481 g/mol. The number of anilines is 1. The minimum Gasteiger partial charge on any atom is -0.328 e. The van der Waals surface area contributed by atoms with Crippen molar-refractivity contribution in [1.29, 1.82) is 0 Å². The Bertz CT molecular complexity index is 1360. The molecule has 33 heavy (non-hydrogen) atoms. The summed E-state index contributed by atoms with van der Waals surface area (Å²) in [6.45, 7) is 0.443. The van der Waals surface area contributed by atoms with Crippen molar-refractivity contribution in [2.75, 3.05) is 11.4 Å². The molecular formula is C24H20ClN3O4S. The van der Waals surface area contributed by atoms with E-state index >= 15 is 0 Å². The lowest BCUT2D eigenvalue weighted by atomic mass is 10.1. The maximum absolute atomic E-state index is 13.5. The summed E-state index contributed by atoms with van der Waals surface area (Å²) in [7, 11) is -3.90. The van der Waals surface area contributed by atoms with E-state index in [-0.39, 0.29) is 10.8 Å². The zero-order valence-electron chi connectivity index (χ0n) is 17.4. The molecule has 0 bridgehead atoms. The van der Waals surface area contributed by atoms with Crippen molar-refractivity contribution in [2.24, 2.45) is 0 Å². The van der Waals surface area contributed by atoms with E-state index in [1.54, 1.807) is 65.6 Å². The van der Waals surface area contributed by atoms with Gasteiger partial charge in [-0.2, -0.15) is 0 Å². The second-order valence-electron chi connectivity index (χ2n) is 7.98. The maximum Gasteiger partial charge on any atom is 0.316 e. The molecule has 0 spiro atoms. The van der Waals surface area contributed by atoms with Crippen molar-refractivity contribution < 1.29 is 18.0 Å². The van der Waals surface area contributed by atoms with Gasteiger partial charge in [-0.15, -0.1) is 0 Å². The third-order valence-corrected chi connectivity index (χ3v) is 8.15. The Balaban J connectivity index is 1.45. The summed E-state index contributed by atoms with van der Waals surface area (Å²) in [5, 5.41) is 4.58. The van der Waals surface area contributed by atoms with Gasteiger partial charge in [-0.3, -0.25) is 4.79 Å². The van der Waals surface area contributed by atoms with Gasteiger partial charge in [-0.05, 0) is 53.9 Å². The number of fused-ring (bicyclic) bond motifs is 1. The normalized spacial score (nSPS) is 19.7. The Labute approximate surface area is 196 Å². The van der Waals surface area contributed by atoms with E-state index in [2.05, 4.69) is 10.6 Å². The molecule has 0 saturated carbocycles. The van der Waals surface area contributed by atoms with Crippen LogP contribution in [0.4, 0.5) is 10.5 Å². The first-order chi connectivity index (χ1) is 15.8. The number of nitrogens with one attached hydrogen (secondary N) is 2. The number of benzene rings is 3. The molecule has 2 aliphatic heterocycles. The highest BCUT2D eigenvalue weighted by Gasteiger charge is 2.43. The molecule has 3 aromatic carbocycles. The van der Waals surface area contributed by atoms with E-state index in [0.29, 0.717) is 34.8 Å². The molecular weight excluding hydrogens is 462 g/mol. The third-order valence-electron chi connectivity index (χ3n) is 5.95. The topological polar surface area (TPSA) is 95.6 Å². The van der Waals surface area contributed by atoms with E-state index in [1.165, 1.54) is 6.07 Å². The quantitative estimate of drug-likeness (QED) is 0.594. The Morgan fingerprint density at radius 3 is 2.52 bits per heavy atom. The molecule has 2 aliphatic rings. The van der Waals surface area contributed by atoms with Crippen LogP contribution in [0.15, 0.2) is 77.7 Å². The second kappa shape index (κ2) is 8.20. The summed E-state index contributed by atoms with van der Waals surface area (Å²) in [5.74, 6) is -0.191. The summed E-state index contributed by atoms with van der Waals surface area (Å²) in [6.07, 6.45) is 0.530. The number of hydrogen-bond acceptors (Lipinski definition) is 4. The maximum atomic E-state index is 13.5. The summed E-state index contributed by atoms with van der Waals surface area (Å²) in [4.78, 5) is 26.8. The second-order valence-corrected chi connectivity index (χ2v) is 10.5. The van der Waals surface area contributed by atoms with Crippen LogP contribution in [-0.4, -0.2) is 32.3 Å². The average molecular weight is 482 g/mol. The van der Waals surface area contributed by atoms with Gasteiger partial charge >= 0.3 is 6.03 Å². The lowest BCUT2D eigenvalue weighted by Gasteiger charge is -2.20. The van der Waals surface area contributed by atoms with Crippen LogP contribution in [0.5, 0.6) is 0 Å². The van der Waals surface area contributed by atoms with Gasteiger partial charge in [0, 0.05) is 22.8 Å². The van der Waals surface area contributed by atoms with Crippen LogP contribution in [0.25, 0.3) is 0 Å². The minimum atomic E-state index is -3.90. The minimum absolute atomic E-state index is 0.105. The predicted molar refractivity (Wildman–Crippen MR) is 125 cm³/mol. The SMILES string of the molecule is O=C1NC(c2ccccc2)C(S(=O)(=O)c2ccc3c(c2)CCN3C(=O)c2cccc(Cl)c2)N1. The number of urea groups is 1. The number of carbonyl (C=O) groups is 2. The molecule has 2 unspecified atom stereocenters. The molecule has 2 heterocycles. The molecule has 2 N–H and O–H groups in total. The molecule has 168 valence electrons. The van der Waals surface area contributed by atoms with E-state index in [1.807, 2.05) is 6.07 Å². The highest BCUT2D eigenvalue weighted by atomic mass is 35.5. The smallest absolute Gasteiger partial charge is 0.316 e. The first-order valence-electron chi connectivity index (χ1n) is 10.4. The highest BCUT2D eigenvalue weighted by Crippen LogP contribution is 2.34. The number of nitrogens with zero attached hydrogens (tertiary/aromatic N) is 1. The Morgan fingerprint density at radius 1 is 0.970 bits per heavy atom. The lowest BCUT2D eigenvalue weighted by molar-refractivity contribution is 0.0989. The van der Waals surface area contributed by atoms with E-state index in [4.69, 9.17) is 11.6 Å². The van der Waals surface area contributed by atoms with Crippen molar-refractivity contribution in [3.8, 4) is 0 Å². The number of hydrogen-bond donors (Lipinski definition) is 2. The molecule has 9 heteroatoms. The molecule has 0 aromatic heterocycles. The van der Waals surface area contributed by atoms with Crippen molar-refractivity contribution in [2.45, 2.75) is 22.7 Å². The highest BCUT2D eigenvalue weighted by molar-refractivity contribution is 7.92. The summed E-state index contributed by atoms with van der Waals surface area (Å²) in [5.41, 5.74) is 2.61. The lowest BCUT2D eigenvalue weighted by Crippen LogP contribution is -2.36. The van der Waals surface area contributed by atoms with E-state index in [9.17, 15) is 18.0 Å². The van der Waals surface area contributed by atoms with Crippen LogP contribution in [0, 0.1) is 0 Å². The van der Waals surface area contributed by atoms with Gasteiger partial charge in [0.25, 0.3) is 5.91 Å². The fourth-order valence-electron chi connectivity index (χ4n) is 4.34. The van der Waals surface area contributed by atoms with Gasteiger partial charge in [-0.25, -0.2) is 13.2 Å². The first-order valence-corrected chi connectivity index (χ1v) is 12.3. The number of rotatable bonds is 4. The molecule has 0 radical (unpaired) electrons. The summed E-state index contributed by atoms with van der Waals surface area (Å²) >= 11 is 6.02. The van der Waals surface area contributed by atoms with E-state index < -0.39 is 27.3 Å². The number of halogens is 1. The van der Waals surface area contributed by atoms with Gasteiger partial charge in [0.1, 0.15) is 0 Å². The molecule has 0 aliphatic carbocycles. The third kappa shape index (κ3) is 3.85. The predicted octanol–water partition coefficient (Wildman–Crippen LogP) is 3.70. The Kier molecular flexibility index (Phi) is 5.34. The number of carbonyl (C=O) groups excluding carboxylic acids is 2. The van der Waals surface area contributed by atoms with Gasteiger partial charge < -0.3 is 15.5 Å². The van der Waals surface area contributed by atoms with Gasteiger partial charge in [0.2, 0.25) is 9.84 Å². The van der Waals surface area contributed by atoms with Crippen LogP contribution >= 0.6 is 11.6 Å². The van der Waals surface area contributed by atoms with Crippen LogP contribution < -0.4 is 15.5 Å². The fraction of sp³-hybridized carbons (Fsp3) is 0.167. The van der Waals surface area contributed by atoms with Gasteiger partial charge in [-0.1, -0.05) is 48.0 Å². The summed E-state index contributed by atoms with van der Waals surface area (Å²) in [6, 6.07) is 19.2. The van der Waals surface area contributed by atoms with E-state index in [0.717, 1.165) is 5.56 Å².